The average molecular weight is 394 g/mol. The smallest absolute Gasteiger partial charge is 0.138 e. The van der Waals surface area contributed by atoms with Gasteiger partial charge >= 0.3 is 0 Å². The lowest BCUT2D eigenvalue weighted by atomic mass is 9.88. The predicted octanol–water partition coefficient (Wildman–Crippen LogP) is 4.49. The Bertz CT molecular complexity index is 447. The molecule has 0 saturated heterocycles. The zero-order valence-corrected chi connectivity index (χ0v) is 14.1. The van der Waals surface area contributed by atoms with E-state index in [0.29, 0.717) is 9.26 Å². The van der Waals surface area contributed by atoms with E-state index in [1.54, 1.807) is 6.07 Å². The number of nitrogens with one attached hydrogen (secondary N) is 1. The van der Waals surface area contributed by atoms with Crippen molar-refractivity contribution in [2.75, 3.05) is 23.9 Å². The number of nitrogens with two attached hydrogens (primary N) is 1. The Hall–Kier alpha value is -0.170. The van der Waals surface area contributed by atoms with Crippen LogP contribution < -0.4 is 11.1 Å². The molecular formula is C14H20FIN2S. The standard InChI is InChI=1S/C14H20FIN2S/c1-19-14(5-3-2-4-6-14)9-18-13-7-10(15)11(16)8-12(13)17/h7-8,18H,2-6,9,17H2,1H3. The molecule has 0 aliphatic heterocycles. The van der Waals surface area contributed by atoms with Crippen LogP contribution in [0, 0.1) is 9.39 Å². The quantitative estimate of drug-likeness (QED) is 0.584. The van der Waals surface area contributed by atoms with Crippen LogP contribution in [0.2, 0.25) is 0 Å². The first-order chi connectivity index (χ1) is 9.06. The van der Waals surface area contributed by atoms with Gasteiger partial charge in [0.15, 0.2) is 0 Å². The van der Waals surface area contributed by atoms with Crippen molar-refractivity contribution in [1.29, 1.82) is 0 Å². The van der Waals surface area contributed by atoms with Crippen LogP contribution in [-0.4, -0.2) is 17.5 Å². The summed E-state index contributed by atoms with van der Waals surface area (Å²) in [5.41, 5.74) is 7.29. The molecule has 0 bridgehead atoms. The topological polar surface area (TPSA) is 38.0 Å². The van der Waals surface area contributed by atoms with E-state index in [1.165, 1.54) is 38.2 Å². The lowest BCUT2D eigenvalue weighted by Crippen LogP contribution is -2.35. The second-order valence-electron chi connectivity index (χ2n) is 5.15. The van der Waals surface area contributed by atoms with E-state index >= 15 is 0 Å². The second-order valence-corrected chi connectivity index (χ2v) is 7.59. The van der Waals surface area contributed by atoms with E-state index in [4.69, 9.17) is 5.73 Å². The van der Waals surface area contributed by atoms with E-state index in [-0.39, 0.29) is 10.6 Å². The summed E-state index contributed by atoms with van der Waals surface area (Å²) in [5, 5.41) is 3.35. The van der Waals surface area contributed by atoms with Crippen molar-refractivity contribution in [3.05, 3.63) is 21.5 Å². The third kappa shape index (κ3) is 3.68. The molecule has 0 radical (unpaired) electrons. The Kier molecular flexibility index (Phi) is 5.22. The van der Waals surface area contributed by atoms with Crippen LogP contribution in [-0.2, 0) is 0 Å². The average Bonchev–Trinajstić information content (AvgIpc) is 2.42. The van der Waals surface area contributed by atoms with Gasteiger partial charge in [-0.25, -0.2) is 4.39 Å². The van der Waals surface area contributed by atoms with E-state index in [9.17, 15) is 4.39 Å². The van der Waals surface area contributed by atoms with Crippen molar-refractivity contribution in [3.8, 4) is 0 Å². The second kappa shape index (κ2) is 6.52. The molecule has 0 heterocycles. The summed E-state index contributed by atoms with van der Waals surface area (Å²) in [6.07, 6.45) is 8.55. The van der Waals surface area contributed by atoms with Crippen LogP contribution in [0.1, 0.15) is 32.1 Å². The van der Waals surface area contributed by atoms with Crippen LogP contribution in [0.4, 0.5) is 15.8 Å². The monoisotopic (exact) mass is 394 g/mol. The number of nitrogen functional groups attached to an aromatic ring is 1. The molecule has 1 aromatic rings. The van der Waals surface area contributed by atoms with Gasteiger partial charge in [0.05, 0.1) is 14.9 Å². The number of anilines is 2. The zero-order valence-electron chi connectivity index (χ0n) is 11.1. The fourth-order valence-electron chi connectivity index (χ4n) is 2.62. The normalized spacial score (nSPS) is 18.3. The Morgan fingerprint density at radius 3 is 2.68 bits per heavy atom. The van der Waals surface area contributed by atoms with Gasteiger partial charge in [-0.2, -0.15) is 11.8 Å². The highest BCUT2D eigenvalue weighted by Crippen LogP contribution is 2.39. The Balaban J connectivity index is 2.07. The maximum atomic E-state index is 13.6. The molecule has 1 aliphatic carbocycles. The molecule has 1 fully saturated rings. The van der Waals surface area contributed by atoms with Crippen molar-refractivity contribution < 1.29 is 4.39 Å². The lowest BCUT2D eigenvalue weighted by molar-refractivity contribution is 0.411. The minimum atomic E-state index is -0.209. The Morgan fingerprint density at radius 2 is 2.05 bits per heavy atom. The predicted molar refractivity (Wildman–Crippen MR) is 91.4 cm³/mol. The fourth-order valence-corrected chi connectivity index (χ4v) is 4.03. The number of hydrogen-bond donors (Lipinski definition) is 2. The minimum Gasteiger partial charge on any atom is -0.397 e. The largest absolute Gasteiger partial charge is 0.397 e. The third-order valence-corrected chi connectivity index (χ3v) is 6.14. The maximum absolute atomic E-state index is 13.6. The zero-order chi connectivity index (χ0) is 13.9. The van der Waals surface area contributed by atoms with Gasteiger partial charge in [0.2, 0.25) is 0 Å². The first kappa shape index (κ1) is 15.2. The van der Waals surface area contributed by atoms with Crippen molar-refractivity contribution >= 4 is 45.7 Å². The first-order valence-electron chi connectivity index (χ1n) is 6.60. The minimum absolute atomic E-state index is 0.209. The Labute approximate surface area is 132 Å². The van der Waals surface area contributed by atoms with Gasteiger partial charge in [-0.05, 0) is 47.8 Å². The lowest BCUT2D eigenvalue weighted by Gasteiger charge is -2.36. The molecule has 5 heteroatoms. The number of rotatable bonds is 4. The molecule has 0 spiro atoms. The summed E-state index contributed by atoms with van der Waals surface area (Å²) in [6, 6.07) is 3.19. The first-order valence-corrected chi connectivity index (χ1v) is 8.90. The molecule has 2 nitrogen and oxygen atoms in total. The van der Waals surface area contributed by atoms with E-state index in [0.717, 1.165) is 12.2 Å². The summed E-state index contributed by atoms with van der Waals surface area (Å²) in [6.45, 7) is 0.860. The molecular weight excluding hydrogens is 374 g/mol. The van der Waals surface area contributed by atoms with Crippen molar-refractivity contribution in [2.45, 2.75) is 36.9 Å². The van der Waals surface area contributed by atoms with Crippen molar-refractivity contribution in [1.82, 2.24) is 0 Å². The van der Waals surface area contributed by atoms with E-state index < -0.39 is 0 Å². The van der Waals surface area contributed by atoms with E-state index in [2.05, 4.69) is 11.6 Å². The number of thioether (sulfide) groups is 1. The van der Waals surface area contributed by atoms with Crippen LogP contribution in [0.15, 0.2) is 12.1 Å². The maximum Gasteiger partial charge on any atom is 0.138 e. The SMILES string of the molecule is CSC1(CNc2cc(F)c(I)cc2N)CCCCC1. The van der Waals surface area contributed by atoms with Gasteiger partial charge in [-0.1, -0.05) is 19.3 Å². The fraction of sp³-hybridized carbons (Fsp3) is 0.571. The highest BCUT2D eigenvalue weighted by Gasteiger charge is 2.31. The van der Waals surface area contributed by atoms with Crippen LogP contribution in [0.3, 0.4) is 0 Å². The van der Waals surface area contributed by atoms with Gasteiger partial charge < -0.3 is 11.1 Å². The summed E-state index contributed by atoms with van der Waals surface area (Å²) < 4.78 is 14.4. The van der Waals surface area contributed by atoms with Gasteiger partial charge in [0.1, 0.15) is 5.82 Å². The number of benzene rings is 1. The van der Waals surface area contributed by atoms with Crippen LogP contribution in [0.25, 0.3) is 0 Å². The molecule has 19 heavy (non-hydrogen) atoms. The molecule has 0 aromatic heterocycles. The van der Waals surface area contributed by atoms with E-state index in [1.807, 2.05) is 34.4 Å². The highest BCUT2D eigenvalue weighted by atomic mass is 127. The highest BCUT2D eigenvalue weighted by molar-refractivity contribution is 14.1. The summed E-state index contributed by atoms with van der Waals surface area (Å²) in [4.78, 5) is 0. The number of halogens is 2. The molecule has 0 atom stereocenters. The van der Waals surface area contributed by atoms with Gasteiger partial charge in [0, 0.05) is 17.4 Å². The van der Waals surface area contributed by atoms with Gasteiger partial charge in [-0.3, -0.25) is 0 Å². The number of hydrogen-bond acceptors (Lipinski definition) is 3. The van der Waals surface area contributed by atoms with Crippen molar-refractivity contribution in [2.24, 2.45) is 0 Å². The third-order valence-electron chi connectivity index (χ3n) is 3.89. The summed E-state index contributed by atoms with van der Waals surface area (Å²) in [5.74, 6) is -0.209. The molecule has 0 unspecified atom stereocenters. The summed E-state index contributed by atoms with van der Waals surface area (Å²) >= 11 is 3.89. The molecule has 2 rings (SSSR count). The summed E-state index contributed by atoms with van der Waals surface area (Å²) in [7, 11) is 0. The molecule has 3 N–H and O–H groups in total. The van der Waals surface area contributed by atoms with Crippen LogP contribution in [0.5, 0.6) is 0 Å². The molecule has 106 valence electrons. The van der Waals surface area contributed by atoms with Crippen LogP contribution >= 0.6 is 34.4 Å². The molecule has 1 saturated carbocycles. The van der Waals surface area contributed by atoms with Crippen molar-refractivity contribution in [3.63, 3.8) is 0 Å². The molecule has 0 amide bonds. The Morgan fingerprint density at radius 1 is 1.37 bits per heavy atom. The van der Waals surface area contributed by atoms with Gasteiger partial charge in [-0.15, -0.1) is 0 Å². The van der Waals surface area contributed by atoms with Gasteiger partial charge in [0.25, 0.3) is 0 Å². The molecule has 1 aliphatic rings. The molecule has 1 aromatic carbocycles.